The second-order valence-corrected chi connectivity index (χ2v) is 10.5. The van der Waals surface area contributed by atoms with Crippen LogP contribution < -0.4 is 4.90 Å². The molecule has 0 amide bonds. The molecule has 0 aliphatic carbocycles. The number of hydrogen-bond donors (Lipinski definition) is 0. The molecule has 6 rings (SSSR count). The van der Waals surface area contributed by atoms with Crippen LogP contribution in [0.2, 0.25) is 0 Å². The van der Waals surface area contributed by atoms with Crippen molar-refractivity contribution in [2.24, 2.45) is 0 Å². The lowest BCUT2D eigenvalue weighted by atomic mass is 10.0. The highest BCUT2D eigenvalue weighted by Gasteiger charge is 2.14. The third-order valence-electron chi connectivity index (χ3n) is 7.82. The maximum absolute atomic E-state index is 3.87. The molecule has 0 saturated carbocycles. The second kappa shape index (κ2) is 12.5. The molecule has 0 atom stereocenters. The molecule has 0 aliphatic heterocycles. The van der Waals surface area contributed by atoms with Gasteiger partial charge in [-0.3, -0.25) is 0 Å². The van der Waals surface area contributed by atoms with Crippen molar-refractivity contribution in [2.45, 2.75) is 0 Å². The van der Waals surface area contributed by atoms with E-state index < -0.39 is 0 Å². The van der Waals surface area contributed by atoms with E-state index in [1.807, 2.05) is 18.2 Å². The van der Waals surface area contributed by atoms with Crippen LogP contribution in [0, 0.1) is 0 Å². The van der Waals surface area contributed by atoms with Crippen LogP contribution >= 0.6 is 0 Å². The molecule has 0 N–H and O–H groups in total. The summed E-state index contributed by atoms with van der Waals surface area (Å²) in [5, 5.41) is 0. The van der Waals surface area contributed by atoms with Gasteiger partial charge in [0.2, 0.25) is 0 Å². The van der Waals surface area contributed by atoms with Gasteiger partial charge in [0, 0.05) is 17.1 Å². The average Bonchev–Trinajstić information content (AvgIpc) is 3.09. The molecule has 1 heteroatoms. The predicted octanol–water partition coefficient (Wildman–Crippen LogP) is 12.1. The monoisotopic (exact) mass is 551 g/mol. The standard InChI is InChI=1S/C42H33N/c1-4-31-7-13-34(14-8-31)37-19-25-40(26-20-37)43(41-27-21-38(22-28-41)35-15-9-32(5-2)10-16-35)42-29-23-39(24-30-42)36-17-11-33(6-3)12-18-36/h4-30H,1-3H2. The number of hydrogen-bond acceptors (Lipinski definition) is 1. The van der Waals surface area contributed by atoms with Crippen LogP contribution in [-0.4, -0.2) is 0 Å². The van der Waals surface area contributed by atoms with E-state index in [1.165, 1.54) is 33.4 Å². The van der Waals surface area contributed by atoms with Gasteiger partial charge in [-0.1, -0.05) is 147 Å². The highest BCUT2D eigenvalue weighted by molar-refractivity contribution is 5.81. The molecule has 0 aliphatic rings. The Morgan fingerprint density at radius 3 is 0.651 bits per heavy atom. The first-order valence-corrected chi connectivity index (χ1v) is 14.4. The summed E-state index contributed by atoms with van der Waals surface area (Å²) in [5.74, 6) is 0. The second-order valence-electron chi connectivity index (χ2n) is 10.5. The van der Waals surface area contributed by atoms with Crippen molar-refractivity contribution in [3.8, 4) is 33.4 Å². The van der Waals surface area contributed by atoms with E-state index in [4.69, 9.17) is 0 Å². The molecule has 0 fully saturated rings. The molecule has 0 unspecified atom stereocenters. The van der Waals surface area contributed by atoms with Crippen molar-refractivity contribution in [1.29, 1.82) is 0 Å². The summed E-state index contributed by atoms with van der Waals surface area (Å²) in [6, 6.07) is 51.8. The van der Waals surface area contributed by atoms with Gasteiger partial charge in [0.05, 0.1) is 0 Å². The minimum absolute atomic E-state index is 1.10. The molecule has 0 heterocycles. The van der Waals surface area contributed by atoms with Gasteiger partial charge in [-0.25, -0.2) is 0 Å². The first-order chi connectivity index (χ1) is 21.1. The van der Waals surface area contributed by atoms with E-state index in [9.17, 15) is 0 Å². The fraction of sp³-hybridized carbons (Fsp3) is 0. The third-order valence-corrected chi connectivity index (χ3v) is 7.82. The molecule has 0 bridgehead atoms. The Bertz CT molecular complexity index is 1610. The lowest BCUT2D eigenvalue weighted by molar-refractivity contribution is 1.28. The fourth-order valence-electron chi connectivity index (χ4n) is 5.29. The van der Waals surface area contributed by atoms with Gasteiger partial charge in [-0.2, -0.15) is 0 Å². The molecule has 6 aromatic carbocycles. The molecule has 43 heavy (non-hydrogen) atoms. The summed E-state index contributed by atoms with van der Waals surface area (Å²) in [6.45, 7) is 11.6. The molecule has 0 aromatic heterocycles. The minimum Gasteiger partial charge on any atom is -0.311 e. The normalized spacial score (nSPS) is 10.6. The Balaban J connectivity index is 1.35. The topological polar surface area (TPSA) is 3.24 Å². The number of anilines is 3. The van der Waals surface area contributed by atoms with Crippen LogP contribution in [0.15, 0.2) is 165 Å². The van der Waals surface area contributed by atoms with E-state index >= 15 is 0 Å². The fourth-order valence-corrected chi connectivity index (χ4v) is 5.29. The largest absolute Gasteiger partial charge is 0.311 e. The zero-order valence-corrected chi connectivity index (χ0v) is 24.2. The minimum atomic E-state index is 1.10. The van der Waals surface area contributed by atoms with Crippen molar-refractivity contribution in [3.63, 3.8) is 0 Å². The van der Waals surface area contributed by atoms with Crippen LogP contribution in [0.25, 0.3) is 51.6 Å². The Kier molecular flexibility index (Phi) is 7.97. The Morgan fingerprint density at radius 2 is 0.465 bits per heavy atom. The molecule has 6 aromatic rings. The maximum atomic E-state index is 3.87. The van der Waals surface area contributed by atoms with Crippen LogP contribution in [-0.2, 0) is 0 Å². The summed E-state index contributed by atoms with van der Waals surface area (Å²) < 4.78 is 0. The van der Waals surface area contributed by atoms with Gasteiger partial charge >= 0.3 is 0 Å². The van der Waals surface area contributed by atoms with E-state index in [2.05, 4.69) is 170 Å². The first kappa shape index (κ1) is 27.5. The Labute approximate surface area is 255 Å². The summed E-state index contributed by atoms with van der Waals surface area (Å²) in [4.78, 5) is 2.31. The number of benzene rings is 6. The summed E-state index contributed by atoms with van der Waals surface area (Å²) >= 11 is 0. The van der Waals surface area contributed by atoms with Crippen LogP contribution in [0.3, 0.4) is 0 Å². The van der Waals surface area contributed by atoms with E-state index in [1.54, 1.807) is 0 Å². The lowest BCUT2D eigenvalue weighted by Gasteiger charge is -2.26. The zero-order valence-electron chi connectivity index (χ0n) is 24.2. The van der Waals surface area contributed by atoms with Crippen LogP contribution in [0.5, 0.6) is 0 Å². The predicted molar refractivity (Wildman–Crippen MR) is 188 cm³/mol. The Morgan fingerprint density at radius 1 is 0.279 bits per heavy atom. The number of rotatable bonds is 9. The maximum Gasteiger partial charge on any atom is 0.0462 e. The molecular formula is C42H33N. The molecule has 1 nitrogen and oxygen atoms in total. The summed E-state index contributed by atoms with van der Waals surface area (Å²) in [6.07, 6.45) is 5.61. The highest BCUT2D eigenvalue weighted by atomic mass is 15.1. The van der Waals surface area contributed by atoms with E-state index in [0.29, 0.717) is 0 Å². The zero-order chi connectivity index (χ0) is 29.6. The van der Waals surface area contributed by atoms with Gasteiger partial charge < -0.3 is 4.90 Å². The molecule has 206 valence electrons. The van der Waals surface area contributed by atoms with Crippen molar-refractivity contribution in [3.05, 3.63) is 182 Å². The quantitative estimate of drug-likeness (QED) is 0.173. The van der Waals surface area contributed by atoms with Crippen molar-refractivity contribution in [1.82, 2.24) is 0 Å². The van der Waals surface area contributed by atoms with Gasteiger partial charge in [0.25, 0.3) is 0 Å². The summed E-state index contributed by atoms with van der Waals surface area (Å²) in [5.41, 5.74) is 13.7. The van der Waals surface area contributed by atoms with Crippen LogP contribution in [0.4, 0.5) is 17.1 Å². The molecule has 0 saturated heterocycles. The average molecular weight is 552 g/mol. The molecule has 0 radical (unpaired) electrons. The highest BCUT2D eigenvalue weighted by Crippen LogP contribution is 2.37. The third kappa shape index (κ3) is 6.02. The van der Waals surface area contributed by atoms with Crippen molar-refractivity contribution in [2.75, 3.05) is 4.90 Å². The van der Waals surface area contributed by atoms with Gasteiger partial charge in [-0.05, 0) is 86.5 Å². The first-order valence-electron chi connectivity index (χ1n) is 14.4. The van der Waals surface area contributed by atoms with Gasteiger partial charge in [0.15, 0.2) is 0 Å². The smallest absolute Gasteiger partial charge is 0.0462 e. The van der Waals surface area contributed by atoms with Crippen molar-refractivity contribution < 1.29 is 0 Å². The summed E-state index contributed by atoms with van der Waals surface area (Å²) in [7, 11) is 0. The Hall–Kier alpha value is -5.66. The van der Waals surface area contributed by atoms with Crippen LogP contribution in [0.1, 0.15) is 16.7 Å². The van der Waals surface area contributed by atoms with Gasteiger partial charge in [-0.15, -0.1) is 0 Å². The molecule has 0 spiro atoms. The lowest BCUT2D eigenvalue weighted by Crippen LogP contribution is -2.09. The number of nitrogens with zero attached hydrogens (tertiary/aromatic N) is 1. The van der Waals surface area contributed by atoms with Crippen molar-refractivity contribution >= 4 is 35.3 Å². The molecular weight excluding hydrogens is 518 g/mol. The SMILES string of the molecule is C=Cc1ccc(-c2ccc(N(c3ccc(-c4ccc(C=C)cc4)cc3)c3ccc(-c4ccc(C=C)cc4)cc3)cc2)cc1. The van der Waals surface area contributed by atoms with E-state index in [0.717, 1.165) is 33.8 Å². The van der Waals surface area contributed by atoms with E-state index in [-0.39, 0.29) is 0 Å². The van der Waals surface area contributed by atoms with Gasteiger partial charge in [0.1, 0.15) is 0 Å².